The lowest BCUT2D eigenvalue weighted by atomic mass is 9.90. The molecule has 9 aliphatic heterocycles. The lowest BCUT2D eigenvalue weighted by molar-refractivity contribution is -0.304. The van der Waals surface area contributed by atoms with Gasteiger partial charge in [-0.25, -0.2) is 14.4 Å². The van der Waals surface area contributed by atoms with Gasteiger partial charge in [0.1, 0.15) is 0 Å². The lowest BCUT2D eigenvalue weighted by Crippen LogP contribution is -2.52. The van der Waals surface area contributed by atoms with E-state index in [-0.39, 0.29) is 120 Å². The number of hydrogen-bond donors (Lipinski definition) is 4. The second-order valence-electron chi connectivity index (χ2n) is 22.3. The van der Waals surface area contributed by atoms with Crippen LogP contribution < -0.4 is 22.5 Å². The Morgan fingerprint density at radius 1 is 0.440 bits per heavy atom. The third-order valence-electron chi connectivity index (χ3n) is 14.7. The van der Waals surface area contributed by atoms with E-state index in [1.165, 1.54) is 6.42 Å². The summed E-state index contributed by atoms with van der Waals surface area (Å²) < 4.78 is 45.9. The average molecular weight is 1270 g/mol. The Balaban J connectivity index is 0.000000204. The summed E-state index contributed by atoms with van der Waals surface area (Å²) in [7, 11) is 7.47. The van der Waals surface area contributed by atoms with E-state index in [2.05, 4.69) is 5.32 Å². The van der Waals surface area contributed by atoms with Crippen molar-refractivity contribution in [3.05, 3.63) is 0 Å². The molecule has 0 radical (unpaired) electrons. The molecule has 7 amide bonds. The summed E-state index contributed by atoms with van der Waals surface area (Å²) in [4.78, 5) is 131. The van der Waals surface area contributed by atoms with Gasteiger partial charge >= 0.3 is 17.9 Å². The number of nitrogens with two attached hydrogens (primary N) is 3. The zero-order valence-corrected chi connectivity index (χ0v) is 50.4. The number of hydroxylamine groups is 6. The van der Waals surface area contributed by atoms with Crippen LogP contribution in [0.1, 0.15) is 128 Å². The van der Waals surface area contributed by atoms with Crippen LogP contribution in [0, 0.1) is 10.8 Å². The Labute approximate surface area is 502 Å². The number of nitrogens with one attached hydrogen (secondary N) is 1. The van der Waals surface area contributed by atoms with Gasteiger partial charge in [-0.1, -0.05) is 49.6 Å². The molecular formula is C52H79N7O21S4. The summed E-state index contributed by atoms with van der Waals surface area (Å²) in [6, 6.07) is 0. The fraction of sp³-hybridized carbons (Fsp3) is 0.808. The van der Waals surface area contributed by atoms with Crippen molar-refractivity contribution in [2.45, 2.75) is 165 Å². The highest BCUT2D eigenvalue weighted by atomic mass is 33.1. The largest absolute Gasteiger partial charge is 0.356 e. The van der Waals surface area contributed by atoms with E-state index in [1.807, 2.05) is 43.2 Å². The van der Waals surface area contributed by atoms with E-state index < -0.39 is 89.3 Å². The fourth-order valence-corrected chi connectivity index (χ4v) is 15.8. The number of amides is 7. The molecule has 0 aromatic carbocycles. The van der Waals surface area contributed by atoms with E-state index >= 15 is 0 Å². The molecule has 28 nitrogen and oxygen atoms in total. The molecule has 472 valence electrons. The Morgan fingerprint density at radius 2 is 0.714 bits per heavy atom. The topological polar surface area (TPSA) is 372 Å². The van der Waals surface area contributed by atoms with Crippen molar-refractivity contribution in [2.24, 2.45) is 28.0 Å². The SMILES string of the molecule is NC1(CCCCNC(=O)CCC2OCC3(CO2)COC(CCC(=O)ON2C(=O)CCC2=O)OC3)CSSC1.NCCCCC1(N)CSSC1.O=C(CCC1OCC2(CO1)COC(CCC(=O)ON1C(=O)CCC1=O)OC2)ON1C(=O)CCC1=O. The van der Waals surface area contributed by atoms with Crippen LogP contribution >= 0.6 is 43.2 Å². The maximum absolute atomic E-state index is 12.2. The molecule has 0 aliphatic carbocycles. The molecule has 0 bridgehead atoms. The van der Waals surface area contributed by atoms with Crippen LogP contribution in [0.2, 0.25) is 0 Å². The highest BCUT2D eigenvalue weighted by molar-refractivity contribution is 8.77. The zero-order chi connectivity index (χ0) is 60.2. The van der Waals surface area contributed by atoms with Gasteiger partial charge < -0.3 is 74.9 Å². The van der Waals surface area contributed by atoms with Gasteiger partial charge in [-0.15, -0.1) is 15.2 Å². The highest BCUT2D eigenvalue weighted by Gasteiger charge is 2.45. The first-order chi connectivity index (χ1) is 40.3. The first-order valence-corrected chi connectivity index (χ1v) is 33.4. The summed E-state index contributed by atoms with van der Waals surface area (Å²) in [5, 5.41) is 4.48. The first-order valence-electron chi connectivity index (χ1n) is 28.4. The van der Waals surface area contributed by atoms with Crippen LogP contribution in [0.5, 0.6) is 0 Å². The van der Waals surface area contributed by atoms with Gasteiger partial charge in [-0.2, -0.15) is 0 Å². The maximum Gasteiger partial charge on any atom is 0.333 e. The molecule has 0 aromatic heterocycles. The minimum atomic E-state index is -0.731. The van der Waals surface area contributed by atoms with Crippen molar-refractivity contribution in [3.63, 3.8) is 0 Å². The molecule has 32 heteroatoms. The number of hydrogen-bond acceptors (Lipinski definition) is 28. The van der Waals surface area contributed by atoms with E-state index in [0.717, 1.165) is 61.7 Å². The molecule has 7 N–H and O–H groups in total. The van der Waals surface area contributed by atoms with Crippen LogP contribution in [0.3, 0.4) is 0 Å². The maximum atomic E-state index is 12.2. The summed E-state index contributed by atoms with van der Waals surface area (Å²) >= 11 is 0. The third-order valence-corrected chi connectivity index (χ3v) is 20.2. The van der Waals surface area contributed by atoms with Gasteiger partial charge in [0.2, 0.25) is 5.91 Å². The molecule has 9 heterocycles. The number of ether oxygens (including phenoxy) is 8. The van der Waals surface area contributed by atoms with E-state index in [1.54, 1.807) is 0 Å². The number of nitrogens with zero attached hydrogens (tertiary/aromatic N) is 3. The Morgan fingerprint density at radius 3 is 1.00 bits per heavy atom. The molecule has 2 spiro atoms. The normalized spacial score (nSPS) is 28.3. The molecular weight excluding hydrogens is 1190 g/mol. The predicted molar refractivity (Wildman–Crippen MR) is 300 cm³/mol. The van der Waals surface area contributed by atoms with Gasteiger partial charge in [0, 0.05) is 111 Å². The molecule has 9 rings (SSSR count). The quantitative estimate of drug-likeness (QED) is 0.0609. The second kappa shape index (κ2) is 33.0. The number of rotatable bonds is 24. The Hall–Kier alpha value is -3.74. The number of unbranched alkanes of at least 4 members (excludes halogenated alkanes) is 2. The predicted octanol–water partition coefficient (Wildman–Crippen LogP) is 1.97. The minimum Gasteiger partial charge on any atom is -0.356 e. The Bertz CT molecular complexity index is 2160. The fourth-order valence-electron chi connectivity index (χ4n) is 9.44. The number of imide groups is 3. The van der Waals surface area contributed by atoms with E-state index in [4.69, 9.17) is 69.6 Å². The molecule has 84 heavy (non-hydrogen) atoms. The van der Waals surface area contributed by atoms with Crippen LogP contribution in [0.15, 0.2) is 0 Å². The molecule has 0 atom stereocenters. The highest BCUT2D eigenvalue weighted by Crippen LogP contribution is 2.40. The summed E-state index contributed by atoms with van der Waals surface area (Å²) in [5.41, 5.74) is 16.9. The van der Waals surface area contributed by atoms with Crippen molar-refractivity contribution in [1.29, 1.82) is 0 Å². The second-order valence-corrected chi connectivity index (χ2v) is 27.2. The summed E-state index contributed by atoms with van der Waals surface area (Å²) in [6.45, 7) is 3.90. The van der Waals surface area contributed by atoms with Crippen molar-refractivity contribution < 1.29 is 100 Å². The monoisotopic (exact) mass is 1270 g/mol. The third kappa shape index (κ3) is 21.3. The minimum absolute atomic E-state index is 0.0175. The van der Waals surface area contributed by atoms with Crippen LogP contribution in [-0.4, -0.2) is 200 Å². The van der Waals surface area contributed by atoms with E-state index in [0.29, 0.717) is 61.0 Å². The van der Waals surface area contributed by atoms with Gasteiger partial charge in [0.25, 0.3) is 35.4 Å². The van der Waals surface area contributed by atoms with Gasteiger partial charge in [-0.05, 0) is 38.6 Å². The van der Waals surface area contributed by atoms with Crippen LogP contribution in [-0.2, 0) is 100 Å². The summed E-state index contributed by atoms with van der Waals surface area (Å²) in [5.74, 6) is -1.15. The van der Waals surface area contributed by atoms with Gasteiger partial charge in [-0.3, -0.25) is 33.6 Å². The average Bonchev–Trinajstić information content (AvgIpc) is 4.25. The smallest absolute Gasteiger partial charge is 0.333 e. The van der Waals surface area contributed by atoms with Gasteiger partial charge in [0.05, 0.1) is 82.9 Å². The van der Waals surface area contributed by atoms with Crippen molar-refractivity contribution in [3.8, 4) is 0 Å². The van der Waals surface area contributed by atoms with Crippen molar-refractivity contribution in [1.82, 2.24) is 20.5 Å². The van der Waals surface area contributed by atoms with Crippen molar-refractivity contribution >= 4 is 102 Å². The molecule has 0 aromatic rings. The molecule has 9 saturated heterocycles. The number of carbonyl (C=O) groups is 10. The Kier molecular flexibility index (Phi) is 26.6. The molecule has 9 aliphatic rings. The molecule has 9 fully saturated rings. The standard InChI is InChI=1S/C24H37N3O9S2.C21H26N2O12.C7H16N2S2/c25-24(15-37-38-16-24)9-1-2-10-26-17(28)3-7-21-32-11-23(12-33-21)13-34-22(35-14-23)8-6-20(31)36-27-18(29)4-5-19(27)30;24-13-1-2-14(25)22(13)34-17(28)5-7-19-30-9-21(10-31-19)11-32-20(33-12-21)8-6-18(29)35-23-15(26)3-4-16(23)27;8-4-2-1-3-7(9)5-10-11-6-7/h21-22H,1-16,25H2,(H,26,28);19-20H,1-12H2;1-6,8-9H2. The van der Waals surface area contributed by atoms with Gasteiger partial charge in [0.15, 0.2) is 25.2 Å². The van der Waals surface area contributed by atoms with Crippen molar-refractivity contribution in [2.75, 3.05) is 89.0 Å². The first kappa shape index (κ1) is 67.8. The van der Waals surface area contributed by atoms with Crippen LogP contribution in [0.4, 0.5) is 0 Å². The summed E-state index contributed by atoms with van der Waals surface area (Å²) in [6.07, 6.45) is 5.30. The molecule has 0 unspecified atom stereocenters. The van der Waals surface area contributed by atoms with E-state index in [9.17, 15) is 47.9 Å². The van der Waals surface area contributed by atoms with Crippen LogP contribution in [0.25, 0.3) is 0 Å². The zero-order valence-electron chi connectivity index (χ0n) is 47.1. The number of carbonyl (C=O) groups excluding carboxylic acids is 10. The lowest BCUT2D eigenvalue weighted by Gasteiger charge is -2.43. The molecule has 0 saturated carbocycles.